The molecule has 1 aromatic carbocycles. The van der Waals surface area contributed by atoms with Crippen molar-refractivity contribution in [3.05, 3.63) is 35.4 Å². The minimum absolute atomic E-state index is 0.282. The first kappa shape index (κ1) is 11.7. The molecule has 0 spiro atoms. The summed E-state index contributed by atoms with van der Waals surface area (Å²) in [6.45, 7) is 0.927. The van der Waals surface area contributed by atoms with E-state index in [2.05, 4.69) is 29.2 Å². The third-order valence-corrected chi connectivity index (χ3v) is 4.33. The van der Waals surface area contributed by atoms with Crippen molar-refractivity contribution in [1.82, 2.24) is 4.90 Å². The summed E-state index contributed by atoms with van der Waals surface area (Å²) in [6, 6.07) is 8.52. The number of carboxylic acids is 1. The molecule has 2 unspecified atom stereocenters. The number of nitrogens with zero attached hydrogens (tertiary/aromatic N) is 1. The maximum atomic E-state index is 11.4. The molecule has 0 aromatic heterocycles. The topological polar surface area (TPSA) is 40.5 Å². The SMILES string of the molecule is O=C(O)C1CCCCN1C1CCc2ccccc21. The van der Waals surface area contributed by atoms with Crippen LogP contribution >= 0.6 is 0 Å². The number of fused-ring (bicyclic) bond motifs is 1. The van der Waals surface area contributed by atoms with Gasteiger partial charge in [-0.1, -0.05) is 30.7 Å². The van der Waals surface area contributed by atoms with Crippen LogP contribution in [0.5, 0.6) is 0 Å². The molecule has 2 aliphatic rings. The number of hydrogen-bond acceptors (Lipinski definition) is 2. The maximum Gasteiger partial charge on any atom is 0.320 e. The molecule has 96 valence electrons. The van der Waals surface area contributed by atoms with E-state index in [-0.39, 0.29) is 6.04 Å². The summed E-state index contributed by atoms with van der Waals surface area (Å²) >= 11 is 0. The molecular formula is C15H19NO2. The highest BCUT2D eigenvalue weighted by Gasteiger charge is 2.36. The van der Waals surface area contributed by atoms with Crippen LogP contribution in [-0.2, 0) is 11.2 Å². The largest absolute Gasteiger partial charge is 0.480 e. The summed E-state index contributed by atoms with van der Waals surface area (Å²) in [4.78, 5) is 13.6. The Hall–Kier alpha value is -1.35. The zero-order chi connectivity index (χ0) is 12.5. The van der Waals surface area contributed by atoms with Crippen LogP contribution in [0.25, 0.3) is 0 Å². The van der Waals surface area contributed by atoms with Crippen LogP contribution in [-0.4, -0.2) is 28.6 Å². The van der Waals surface area contributed by atoms with Crippen LogP contribution in [0.3, 0.4) is 0 Å². The molecule has 1 saturated heterocycles. The van der Waals surface area contributed by atoms with Crippen molar-refractivity contribution in [2.24, 2.45) is 0 Å². The van der Waals surface area contributed by atoms with E-state index in [1.165, 1.54) is 11.1 Å². The van der Waals surface area contributed by atoms with Crippen molar-refractivity contribution in [1.29, 1.82) is 0 Å². The van der Waals surface area contributed by atoms with Gasteiger partial charge in [-0.05, 0) is 43.4 Å². The van der Waals surface area contributed by atoms with Crippen molar-refractivity contribution in [3.8, 4) is 0 Å². The molecule has 2 atom stereocenters. The molecular weight excluding hydrogens is 226 g/mol. The highest BCUT2D eigenvalue weighted by atomic mass is 16.4. The molecule has 0 bridgehead atoms. The average molecular weight is 245 g/mol. The number of aliphatic carboxylic acids is 1. The molecule has 1 fully saturated rings. The first-order chi connectivity index (χ1) is 8.77. The van der Waals surface area contributed by atoms with Gasteiger partial charge in [-0.2, -0.15) is 0 Å². The van der Waals surface area contributed by atoms with Gasteiger partial charge in [0.25, 0.3) is 0 Å². The monoisotopic (exact) mass is 245 g/mol. The fourth-order valence-corrected chi connectivity index (χ4v) is 3.47. The van der Waals surface area contributed by atoms with Gasteiger partial charge in [0.1, 0.15) is 6.04 Å². The van der Waals surface area contributed by atoms with E-state index in [0.29, 0.717) is 6.04 Å². The molecule has 1 heterocycles. The van der Waals surface area contributed by atoms with Gasteiger partial charge in [-0.25, -0.2) is 0 Å². The smallest absolute Gasteiger partial charge is 0.320 e. The van der Waals surface area contributed by atoms with Crippen LogP contribution in [0, 0.1) is 0 Å². The molecule has 1 aliphatic carbocycles. The van der Waals surface area contributed by atoms with E-state index >= 15 is 0 Å². The summed E-state index contributed by atoms with van der Waals surface area (Å²) in [5.41, 5.74) is 2.75. The number of likely N-dealkylation sites (tertiary alicyclic amines) is 1. The zero-order valence-corrected chi connectivity index (χ0v) is 10.5. The number of piperidine rings is 1. The Morgan fingerprint density at radius 3 is 2.89 bits per heavy atom. The Labute approximate surface area is 107 Å². The molecule has 3 rings (SSSR count). The molecule has 3 heteroatoms. The van der Waals surface area contributed by atoms with Gasteiger partial charge in [0.05, 0.1) is 0 Å². The standard InChI is InChI=1S/C15H19NO2/c17-15(18)14-7-3-4-10-16(14)13-9-8-11-5-1-2-6-12(11)13/h1-2,5-6,13-14H,3-4,7-10H2,(H,17,18). The third-order valence-electron chi connectivity index (χ3n) is 4.33. The van der Waals surface area contributed by atoms with Gasteiger partial charge in [0.2, 0.25) is 0 Å². The van der Waals surface area contributed by atoms with E-state index in [4.69, 9.17) is 0 Å². The van der Waals surface area contributed by atoms with E-state index in [9.17, 15) is 9.90 Å². The van der Waals surface area contributed by atoms with Crippen molar-refractivity contribution in [3.63, 3.8) is 0 Å². The van der Waals surface area contributed by atoms with Gasteiger partial charge in [-0.3, -0.25) is 9.69 Å². The Morgan fingerprint density at radius 2 is 2.06 bits per heavy atom. The maximum absolute atomic E-state index is 11.4. The predicted octanol–water partition coefficient (Wildman–Crippen LogP) is 2.61. The second kappa shape index (κ2) is 4.73. The molecule has 0 saturated carbocycles. The van der Waals surface area contributed by atoms with Crippen LogP contribution in [0.1, 0.15) is 42.9 Å². The second-order valence-corrected chi connectivity index (χ2v) is 5.34. The van der Waals surface area contributed by atoms with Gasteiger partial charge < -0.3 is 5.11 Å². The Bertz CT molecular complexity index is 458. The Balaban J connectivity index is 1.88. The second-order valence-electron chi connectivity index (χ2n) is 5.34. The van der Waals surface area contributed by atoms with E-state index in [1.807, 2.05) is 0 Å². The first-order valence-corrected chi connectivity index (χ1v) is 6.84. The average Bonchev–Trinajstić information content (AvgIpc) is 2.82. The van der Waals surface area contributed by atoms with Gasteiger partial charge in [-0.15, -0.1) is 0 Å². The van der Waals surface area contributed by atoms with Crippen LogP contribution in [0.2, 0.25) is 0 Å². The van der Waals surface area contributed by atoms with E-state index in [1.54, 1.807) is 0 Å². The first-order valence-electron chi connectivity index (χ1n) is 6.84. The van der Waals surface area contributed by atoms with Crippen LogP contribution < -0.4 is 0 Å². The molecule has 18 heavy (non-hydrogen) atoms. The molecule has 1 aromatic rings. The molecule has 1 aliphatic heterocycles. The summed E-state index contributed by atoms with van der Waals surface area (Å²) in [7, 11) is 0. The van der Waals surface area contributed by atoms with Crippen molar-refractivity contribution in [2.45, 2.75) is 44.2 Å². The number of hydrogen-bond donors (Lipinski definition) is 1. The lowest BCUT2D eigenvalue weighted by molar-refractivity contribution is -0.145. The molecule has 3 nitrogen and oxygen atoms in total. The minimum Gasteiger partial charge on any atom is -0.480 e. The number of carboxylic acid groups (broad SMARTS) is 1. The number of aryl methyl sites for hydroxylation is 1. The lowest BCUT2D eigenvalue weighted by Crippen LogP contribution is -2.46. The van der Waals surface area contributed by atoms with Crippen molar-refractivity contribution >= 4 is 5.97 Å². The molecule has 1 N–H and O–H groups in total. The normalized spacial score (nSPS) is 28.0. The van der Waals surface area contributed by atoms with E-state index < -0.39 is 5.97 Å². The highest BCUT2D eigenvalue weighted by molar-refractivity contribution is 5.73. The Morgan fingerprint density at radius 1 is 1.22 bits per heavy atom. The van der Waals surface area contributed by atoms with Gasteiger partial charge >= 0.3 is 5.97 Å². The molecule has 0 radical (unpaired) electrons. The van der Waals surface area contributed by atoms with Crippen molar-refractivity contribution < 1.29 is 9.90 Å². The number of benzene rings is 1. The number of rotatable bonds is 2. The molecule has 0 amide bonds. The zero-order valence-electron chi connectivity index (χ0n) is 10.5. The lowest BCUT2D eigenvalue weighted by Gasteiger charge is -2.37. The highest BCUT2D eigenvalue weighted by Crippen LogP contribution is 2.38. The fraction of sp³-hybridized carbons (Fsp3) is 0.533. The summed E-state index contributed by atoms with van der Waals surface area (Å²) in [6.07, 6.45) is 5.13. The van der Waals surface area contributed by atoms with Crippen LogP contribution in [0.4, 0.5) is 0 Å². The van der Waals surface area contributed by atoms with Gasteiger partial charge in [0.15, 0.2) is 0 Å². The quantitative estimate of drug-likeness (QED) is 0.870. The third kappa shape index (κ3) is 1.93. The summed E-state index contributed by atoms with van der Waals surface area (Å²) < 4.78 is 0. The summed E-state index contributed by atoms with van der Waals surface area (Å²) in [5, 5.41) is 9.38. The van der Waals surface area contributed by atoms with Crippen LogP contribution in [0.15, 0.2) is 24.3 Å². The fourth-order valence-electron chi connectivity index (χ4n) is 3.47. The van der Waals surface area contributed by atoms with E-state index in [0.717, 1.165) is 38.6 Å². The number of carbonyl (C=O) groups is 1. The Kier molecular flexibility index (Phi) is 3.08. The minimum atomic E-state index is -0.654. The van der Waals surface area contributed by atoms with Crippen molar-refractivity contribution in [2.75, 3.05) is 6.54 Å². The summed E-state index contributed by atoms with van der Waals surface area (Å²) in [5.74, 6) is -0.654. The van der Waals surface area contributed by atoms with Gasteiger partial charge in [0, 0.05) is 6.04 Å². The predicted molar refractivity (Wildman–Crippen MR) is 69.5 cm³/mol. The lowest BCUT2D eigenvalue weighted by atomic mass is 9.97.